The summed E-state index contributed by atoms with van der Waals surface area (Å²) in [7, 11) is -3.75. The zero-order valence-corrected chi connectivity index (χ0v) is 12.8. The molecule has 0 atom stereocenters. The van der Waals surface area contributed by atoms with Crippen LogP contribution in [-0.4, -0.2) is 40.9 Å². The molecule has 1 aliphatic rings. The molecule has 8 nitrogen and oxygen atoms in total. The van der Waals surface area contributed by atoms with Gasteiger partial charge >= 0.3 is 5.69 Å². The predicted molar refractivity (Wildman–Crippen MR) is 75.6 cm³/mol. The van der Waals surface area contributed by atoms with Crippen molar-refractivity contribution in [2.45, 2.75) is 56.8 Å². The van der Waals surface area contributed by atoms with E-state index in [1.54, 1.807) is 6.92 Å². The Morgan fingerprint density at radius 2 is 2.10 bits per heavy atom. The van der Waals surface area contributed by atoms with Crippen molar-refractivity contribution in [3.8, 4) is 0 Å². The van der Waals surface area contributed by atoms with Crippen LogP contribution in [0.5, 0.6) is 0 Å². The lowest BCUT2D eigenvalue weighted by Gasteiger charge is -2.11. The number of carbonyl (C=O) groups is 1. The first-order chi connectivity index (χ1) is 9.94. The van der Waals surface area contributed by atoms with Crippen LogP contribution in [0.1, 0.15) is 39.0 Å². The van der Waals surface area contributed by atoms with Crippen molar-refractivity contribution in [2.24, 2.45) is 0 Å². The minimum absolute atomic E-state index is 0.121. The molecule has 1 aliphatic carbocycles. The van der Waals surface area contributed by atoms with Crippen LogP contribution < -0.4 is 11.0 Å². The van der Waals surface area contributed by atoms with Gasteiger partial charge in [-0.1, -0.05) is 12.8 Å². The first kappa shape index (κ1) is 15.7. The predicted octanol–water partition coefficient (Wildman–Crippen LogP) is -0.186. The molecule has 1 aromatic heterocycles. The van der Waals surface area contributed by atoms with Gasteiger partial charge in [0.05, 0.1) is 5.75 Å². The van der Waals surface area contributed by atoms with E-state index < -0.39 is 15.5 Å². The number of sulfone groups is 1. The second-order valence-corrected chi connectivity index (χ2v) is 7.18. The monoisotopic (exact) mass is 316 g/mol. The zero-order valence-electron chi connectivity index (χ0n) is 12.0. The molecule has 0 spiro atoms. The van der Waals surface area contributed by atoms with Crippen molar-refractivity contribution in [3.05, 3.63) is 10.5 Å². The maximum absolute atomic E-state index is 12.1. The molecular formula is C12H20N4O4S. The summed E-state index contributed by atoms with van der Waals surface area (Å²) in [5.41, 5.74) is -0.563. The Morgan fingerprint density at radius 3 is 2.71 bits per heavy atom. The van der Waals surface area contributed by atoms with E-state index in [1.807, 2.05) is 0 Å². The lowest BCUT2D eigenvalue weighted by Crippen LogP contribution is -2.34. The zero-order chi connectivity index (χ0) is 15.5. The van der Waals surface area contributed by atoms with Crippen LogP contribution >= 0.6 is 0 Å². The molecule has 2 rings (SSSR count). The summed E-state index contributed by atoms with van der Waals surface area (Å²) >= 11 is 0. The van der Waals surface area contributed by atoms with E-state index >= 15 is 0 Å². The highest BCUT2D eigenvalue weighted by molar-refractivity contribution is 7.91. The number of amides is 1. The van der Waals surface area contributed by atoms with Crippen LogP contribution in [0.4, 0.5) is 0 Å². The minimum Gasteiger partial charge on any atom is -0.353 e. The van der Waals surface area contributed by atoms with Crippen molar-refractivity contribution >= 4 is 15.7 Å². The van der Waals surface area contributed by atoms with Gasteiger partial charge in [-0.25, -0.2) is 18.3 Å². The largest absolute Gasteiger partial charge is 0.353 e. The average Bonchev–Trinajstić information content (AvgIpc) is 3.06. The molecule has 0 radical (unpaired) electrons. The number of nitrogens with zero attached hydrogens (tertiary/aromatic N) is 2. The van der Waals surface area contributed by atoms with Gasteiger partial charge in [-0.3, -0.25) is 9.36 Å². The fraction of sp³-hybridized carbons (Fsp3) is 0.750. The van der Waals surface area contributed by atoms with Gasteiger partial charge in [-0.2, -0.15) is 0 Å². The number of hydrogen-bond donors (Lipinski definition) is 2. The third-order valence-corrected chi connectivity index (χ3v) is 5.25. The normalized spacial score (nSPS) is 16.2. The number of nitrogens with one attached hydrogen (secondary N) is 2. The molecule has 0 aliphatic heterocycles. The molecule has 2 N–H and O–H groups in total. The molecule has 0 saturated heterocycles. The molecule has 1 aromatic rings. The van der Waals surface area contributed by atoms with Crippen LogP contribution in [-0.2, 0) is 21.2 Å². The third kappa shape index (κ3) is 3.72. The smallest absolute Gasteiger partial charge is 0.344 e. The second-order valence-electron chi connectivity index (χ2n) is 5.17. The molecule has 1 amide bonds. The molecule has 0 unspecified atom stereocenters. The SMILES string of the molecule is CCn1c(S(=O)(=O)CCC(=O)NC2CCCC2)n[nH]c1=O. The molecular weight excluding hydrogens is 296 g/mol. The van der Waals surface area contributed by atoms with Crippen LogP contribution in [0.2, 0.25) is 0 Å². The molecule has 0 bridgehead atoms. The summed E-state index contributed by atoms with van der Waals surface area (Å²) in [4.78, 5) is 23.2. The summed E-state index contributed by atoms with van der Waals surface area (Å²) in [6.45, 7) is 1.86. The third-order valence-electron chi connectivity index (χ3n) is 3.64. The average molecular weight is 316 g/mol. The first-order valence-corrected chi connectivity index (χ1v) is 8.76. The topological polar surface area (TPSA) is 114 Å². The van der Waals surface area contributed by atoms with Crippen LogP contribution in [0.15, 0.2) is 9.95 Å². The van der Waals surface area contributed by atoms with E-state index in [0.29, 0.717) is 0 Å². The maximum atomic E-state index is 12.1. The summed E-state index contributed by atoms with van der Waals surface area (Å²) < 4.78 is 25.3. The first-order valence-electron chi connectivity index (χ1n) is 7.11. The van der Waals surface area contributed by atoms with Crippen LogP contribution in [0.3, 0.4) is 0 Å². The summed E-state index contributed by atoms with van der Waals surface area (Å²) in [6.07, 6.45) is 3.97. The van der Waals surface area contributed by atoms with Gasteiger partial charge in [0.15, 0.2) is 0 Å². The van der Waals surface area contributed by atoms with Gasteiger partial charge in [-0.15, -0.1) is 5.10 Å². The van der Waals surface area contributed by atoms with Crippen molar-refractivity contribution in [3.63, 3.8) is 0 Å². The van der Waals surface area contributed by atoms with Crippen LogP contribution in [0, 0.1) is 0 Å². The Bertz CT molecular complexity index is 655. The van der Waals surface area contributed by atoms with Gasteiger partial charge in [-0.05, 0) is 19.8 Å². The molecule has 0 aromatic carbocycles. The number of rotatable bonds is 6. The molecule has 21 heavy (non-hydrogen) atoms. The highest BCUT2D eigenvalue weighted by Gasteiger charge is 2.24. The summed E-state index contributed by atoms with van der Waals surface area (Å²) in [6, 6.07) is 0.166. The molecule has 1 heterocycles. The maximum Gasteiger partial charge on any atom is 0.344 e. The molecule has 1 fully saturated rings. The van der Waals surface area contributed by atoms with Crippen molar-refractivity contribution in [1.29, 1.82) is 0 Å². The quantitative estimate of drug-likeness (QED) is 0.755. The van der Waals surface area contributed by atoms with E-state index in [9.17, 15) is 18.0 Å². The van der Waals surface area contributed by atoms with E-state index in [2.05, 4.69) is 15.5 Å². The molecule has 9 heteroatoms. The number of aromatic amines is 1. The van der Waals surface area contributed by atoms with Crippen molar-refractivity contribution in [2.75, 3.05) is 5.75 Å². The molecule has 118 valence electrons. The van der Waals surface area contributed by atoms with Crippen molar-refractivity contribution < 1.29 is 13.2 Å². The van der Waals surface area contributed by atoms with Crippen LogP contribution in [0.25, 0.3) is 0 Å². The summed E-state index contributed by atoms with van der Waals surface area (Å²) in [5.74, 6) is -0.623. The number of H-pyrrole nitrogens is 1. The van der Waals surface area contributed by atoms with E-state index in [-0.39, 0.29) is 35.8 Å². The second kappa shape index (κ2) is 6.42. The Kier molecular flexibility index (Phi) is 4.81. The van der Waals surface area contributed by atoms with Gasteiger partial charge in [0.2, 0.25) is 20.9 Å². The van der Waals surface area contributed by atoms with E-state index in [1.165, 1.54) is 0 Å². The number of carbonyl (C=O) groups excluding carboxylic acids is 1. The van der Waals surface area contributed by atoms with Gasteiger partial charge in [0.25, 0.3) is 0 Å². The number of aromatic nitrogens is 3. The Hall–Kier alpha value is -1.64. The van der Waals surface area contributed by atoms with Crippen molar-refractivity contribution in [1.82, 2.24) is 20.1 Å². The minimum atomic E-state index is -3.75. The van der Waals surface area contributed by atoms with Gasteiger partial charge in [0.1, 0.15) is 0 Å². The standard InChI is InChI=1S/C12H20N4O4S/c1-2-16-11(18)14-15-12(16)21(19,20)8-7-10(17)13-9-5-3-4-6-9/h9H,2-8H2,1H3,(H,13,17)(H,14,18). The van der Waals surface area contributed by atoms with E-state index in [4.69, 9.17) is 0 Å². The van der Waals surface area contributed by atoms with Gasteiger partial charge in [0, 0.05) is 19.0 Å². The summed E-state index contributed by atoms with van der Waals surface area (Å²) in [5, 5.41) is 8.20. The Morgan fingerprint density at radius 1 is 1.43 bits per heavy atom. The highest BCUT2D eigenvalue weighted by Crippen LogP contribution is 2.17. The fourth-order valence-corrected chi connectivity index (χ4v) is 3.88. The lowest BCUT2D eigenvalue weighted by molar-refractivity contribution is -0.121. The Labute approximate surface area is 122 Å². The van der Waals surface area contributed by atoms with E-state index in [0.717, 1.165) is 30.3 Å². The Balaban J connectivity index is 1.97. The fourth-order valence-electron chi connectivity index (χ4n) is 2.51. The lowest BCUT2D eigenvalue weighted by atomic mass is 10.2. The molecule has 1 saturated carbocycles. The number of hydrogen-bond acceptors (Lipinski definition) is 5. The highest BCUT2D eigenvalue weighted by atomic mass is 32.2. The van der Waals surface area contributed by atoms with Gasteiger partial charge < -0.3 is 5.32 Å².